The highest BCUT2D eigenvalue weighted by Gasteiger charge is 2.25. The highest BCUT2D eigenvalue weighted by atomic mass is 35.5. The monoisotopic (exact) mass is 358 g/mol. The summed E-state index contributed by atoms with van der Waals surface area (Å²) in [6.45, 7) is 5.52. The summed E-state index contributed by atoms with van der Waals surface area (Å²) in [5.74, 6) is -0.0524. The minimum atomic E-state index is -0.0524. The summed E-state index contributed by atoms with van der Waals surface area (Å²) in [6.07, 6.45) is 0. The molecule has 0 aromatic heterocycles. The third kappa shape index (κ3) is 4.40. The second-order valence-electron chi connectivity index (χ2n) is 6.21. The molecule has 1 heterocycles. The number of carbonyl (C=O) groups is 1. The van der Waals surface area contributed by atoms with E-state index in [4.69, 9.17) is 16.3 Å². The van der Waals surface area contributed by atoms with Crippen LogP contribution in [-0.2, 0) is 4.74 Å². The second-order valence-corrected chi connectivity index (χ2v) is 6.62. The van der Waals surface area contributed by atoms with E-state index in [0.29, 0.717) is 25.3 Å². The Labute approximate surface area is 153 Å². The van der Waals surface area contributed by atoms with Crippen molar-refractivity contribution in [1.82, 2.24) is 10.2 Å². The number of aryl methyl sites for hydroxylation is 1. The van der Waals surface area contributed by atoms with Crippen LogP contribution in [0.25, 0.3) is 0 Å². The van der Waals surface area contributed by atoms with E-state index >= 15 is 0 Å². The number of nitrogens with one attached hydrogen (secondary N) is 1. The highest BCUT2D eigenvalue weighted by molar-refractivity contribution is 6.31. The first-order chi connectivity index (χ1) is 12.2. The van der Waals surface area contributed by atoms with Gasteiger partial charge in [-0.25, -0.2) is 0 Å². The van der Waals surface area contributed by atoms with Gasteiger partial charge in [-0.15, -0.1) is 0 Å². The van der Waals surface area contributed by atoms with Gasteiger partial charge in [-0.3, -0.25) is 9.69 Å². The quantitative estimate of drug-likeness (QED) is 0.890. The van der Waals surface area contributed by atoms with Gasteiger partial charge in [0, 0.05) is 30.2 Å². The summed E-state index contributed by atoms with van der Waals surface area (Å²) in [5, 5.41) is 3.81. The molecule has 0 unspecified atom stereocenters. The standard InChI is InChI=1S/C20H23ClN2O2/c1-15-6-2-3-7-16(15)20(24)22-14-19(23-10-12-25-13-11-23)17-8-4-5-9-18(17)21/h2-9,19H,10-14H2,1H3,(H,22,24)/t19-/m0/s1. The van der Waals surface area contributed by atoms with E-state index < -0.39 is 0 Å². The first-order valence-corrected chi connectivity index (χ1v) is 8.94. The number of amides is 1. The predicted molar refractivity (Wildman–Crippen MR) is 100 cm³/mol. The highest BCUT2D eigenvalue weighted by Crippen LogP contribution is 2.27. The maximum atomic E-state index is 12.6. The van der Waals surface area contributed by atoms with Crippen molar-refractivity contribution in [2.24, 2.45) is 0 Å². The van der Waals surface area contributed by atoms with Crippen LogP contribution in [-0.4, -0.2) is 43.7 Å². The van der Waals surface area contributed by atoms with E-state index in [1.807, 2.05) is 55.5 Å². The average Bonchev–Trinajstić information content (AvgIpc) is 2.64. The molecular weight excluding hydrogens is 336 g/mol. The van der Waals surface area contributed by atoms with Crippen molar-refractivity contribution in [2.75, 3.05) is 32.8 Å². The topological polar surface area (TPSA) is 41.6 Å². The van der Waals surface area contributed by atoms with Crippen LogP contribution in [0.1, 0.15) is 27.5 Å². The molecule has 0 radical (unpaired) electrons. The molecule has 1 fully saturated rings. The number of hydrogen-bond acceptors (Lipinski definition) is 3. The number of hydrogen-bond donors (Lipinski definition) is 1. The average molecular weight is 359 g/mol. The predicted octanol–water partition coefficient (Wildman–Crippen LogP) is 3.45. The molecule has 0 spiro atoms. The molecule has 0 saturated carbocycles. The summed E-state index contributed by atoms with van der Waals surface area (Å²) in [5.41, 5.74) is 2.72. The molecule has 0 bridgehead atoms. The zero-order valence-corrected chi connectivity index (χ0v) is 15.1. The van der Waals surface area contributed by atoms with E-state index in [0.717, 1.165) is 29.2 Å². The third-order valence-corrected chi connectivity index (χ3v) is 4.94. The van der Waals surface area contributed by atoms with Crippen LogP contribution in [0.15, 0.2) is 48.5 Å². The molecule has 1 N–H and O–H groups in total. The number of nitrogens with zero attached hydrogens (tertiary/aromatic N) is 1. The Kier molecular flexibility index (Phi) is 6.08. The van der Waals surface area contributed by atoms with Gasteiger partial charge in [-0.1, -0.05) is 48.0 Å². The summed E-state index contributed by atoms with van der Waals surface area (Å²) in [4.78, 5) is 14.9. The first kappa shape index (κ1) is 17.9. The summed E-state index contributed by atoms with van der Waals surface area (Å²) >= 11 is 6.43. The van der Waals surface area contributed by atoms with E-state index in [9.17, 15) is 4.79 Å². The molecule has 1 amide bonds. The Hall–Kier alpha value is -1.88. The van der Waals surface area contributed by atoms with Crippen LogP contribution in [0.4, 0.5) is 0 Å². The molecule has 4 nitrogen and oxygen atoms in total. The Bertz CT molecular complexity index is 729. The maximum absolute atomic E-state index is 12.6. The van der Waals surface area contributed by atoms with Crippen LogP contribution in [0.5, 0.6) is 0 Å². The number of morpholine rings is 1. The van der Waals surface area contributed by atoms with Gasteiger partial charge < -0.3 is 10.1 Å². The van der Waals surface area contributed by atoms with Crippen LogP contribution in [0, 0.1) is 6.92 Å². The van der Waals surface area contributed by atoms with Crippen LogP contribution < -0.4 is 5.32 Å². The lowest BCUT2D eigenvalue weighted by molar-refractivity contribution is 0.0162. The molecule has 2 aromatic carbocycles. The zero-order chi connectivity index (χ0) is 17.6. The number of carbonyl (C=O) groups excluding carboxylic acids is 1. The van der Waals surface area contributed by atoms with Crippen molar-refractivity contribution in [3.8, 4) is 0 Å². The SMILES string of the molecule is Cc1ccccc1C(=O)NC[C@@H](c1ccccc1Cl)N1CCOCC1. The van der Waals surface area contributed by atoms with Crippen molar-refractivity contribution in [1.29, 1.82) is 0 Å². The fourth-order valence-corrected chi connectivity index (χ4v) is 3.44. The van der Waals surface area contributed by atoms with Crippen molar-refractivity contribution in [3.05, 3.63) is 70.2 Å². The number of benzene rings is 2. The molecule has 1 aliphatic rings. The van der Waals surface area contributed by atoms with Gasteiger partial charge in [0.1, 0.15) is 0 Å². The first-order valence-electron chi connectivity index (χ1n) is 8.57. The smallest absolute Gasteiger partial charge is 0.251 e. The summed E-state index contributed by atoms with van der Waals surface area (Å²) in [7, 11) is 0. The summed E-state index contributed by atoms with van der Waals surface area (Å²) < 4.78 is 5.46. The molecule has 1 atom stereocenters. The Morgan fingerprint density at radius 2 is 1.84 bits per heavy atom. The number of ether oxygens (including phenoxy) is 1. The Morgan fingerprint density at radius 1 is 1.16 bits per heavy atom. The largest absolute Gasteiger partial charge is 0.379 e. The molecule has 25 heavy (non-hydrogen) atoms. The fraction of sp³-hybridized carbons (Fsp3) is 0.350. The molecular formula is C20H23ClN2O2. The van der Waals surface area contributed by atoms with Gasteiger partial charge >= 0.3 is 0 Å². The zero-order valence-electron chi connectivity index (χ0n) is 14.4. The van der Waals surface area contributed by atoms with E-state index in [1.54, 1.807) is 0 Å². The molecule has 132 valence electrons. The fourth-order valence-electron chi connectivity index (χ4n) is 3.18. The third-order valence-electron chi connectivity index (χ3n) is 4.60. The van der Waals surface area contributed by atoms with Gasteiger partial charge in [0.05, 0.1) is 19.3 Å². The molecule has 5 heteroatoms. The Morgan fingerprint density at radius 3 is 2.56 bits per heavy atom. The Balaban J connectivity index is 1.77. The number of halogens is 1. The van der Waals surface area contributed by atoms with Crippen molar-refractivity contribution in [2.45, 2.75) is 13.0 Å². The molecule has 0 aliphatic carbocycles. The van der Waals surface area contributed by atoms with Gasteiger partial charge in [0.15, 0.2) is 0 Å². The molecule has 2 aromatic rings. The lowest BCUT2D eigenvalue weighted by atomic mass is 10.0. The normalized spacial score (nSPS) is 16.4. The lowest BCUT2D eigenvalue weighted by Gasteiger charge is -2.35. The van der Waals surface area contributed by atoms with Gasteiger partial charge in [-0.2, -0.15) is 0 Å². The summed E-state index contributed by atoms with van der Waals surface area (Å²) in [6, 6.07) is 15.5. The number of rotatable bonds is 5. The van der Waals surface area contributed by atoms with E-state index in [-0.39, 0.29) is 11.9 Å². The lowest BCUT2D eigenvalue weighted by Crippen LogP contribution is -2.44. The molecule has 1 aliphatic heterocycles. The van der Waals surface area contributed by atoms with Gasteiger partial charge in [0.2, 0.25) is 0 Å². The minimum Gasteiger partial charge on any atom is -0.379 e. The molecule has 3 rings (SSSR count). The minimum absolute atomic E-state index is 0.0329. The second kappa shape index (κ2) is 8.48. The van der Waals surface area contributed by atoms with Crippen LogP contribution in [0.3, 0.4) is 0 Å². The van der Waals surface area contributed by atoms with Crippen molar-refractivity contribution in [3.63, 3.8) is 0 Å². The van der Waals surface area contributed by atoms with Gasteiger partial charge in [-0.05, 0) is 30.2 Å². The van der Waals surface area contributed by atoms with Crippen molar-refractivity contribution >= 4 is 17.5 Å². The molecule has 1 saturated heterocycles. The van der Waals surface area contributed by atoms with E-state index in [1.165, 1.54) is 0 Å². The van der Waals surface area contributed by atoms with Gasteiger partial charge in [0.25, 0.3) is 5.91 Å². The maximum Gasteiger partial charge on any atom is 0.251 e. The van der Waals surface area contributed by atoms with Crippen molar-refractivity contribution < 1.29 is 9.53 Å². The van der Waals surface area contributed by atoms with E-state index in [2.05, 4.69) is 10.2 Å². The van der Waals surface area contributed by atoms with Crippen LogP contribution in [0.2, 0.25) is 5.02 Å². The van der Waals surface area contributed by atoms with Crippen LogP contribution >= 0.6 is 11.6 Å².